The van der Waals surface area contributed by atoms with E-state index in [0.717, 1.165) is 18.4 Å². The van der Waals surface area contributed by atoms with Gasteiger partial charge in [-0.05, 0) is 13.3 Å². The molecule has 0 unspecified atom stereocenters. The molecule has 0 atom stereocenters. The summed E-state index contributed by atoms with van der Waals surface area (Å²) in [5, 5.41) is 10.7. The summed E-state index contributed by atoms with van der Waals surface area (Å²) in [6, 6.07) is 0. The number of hydrogen-bond donors (Lipinski definition) is 2. The molecule has 0 amide bonds. The number of nitrogens with zero attached hydrogens (tertiary/aromatic N) is 3. The zero-order valence-corrected chi connectivity index (χ0v) is 11.3. The van der Waals surface area contributed by atoms with Gasteiger partial charge in [-0.1, -0.05) is 6.92 Å². The van der Waals surface area contributed by atoms with E-state index in [-0.39, 0.29) is 0 Å². The zero-order valence-electron chi connectivity index (χ0n) is 11.3. The van der Waals surface area contributed by atoms with Gasteiger partial charge in [0.1, 0.15) is 12.0 Å². The van der Waals surface area contributed by atoms with Crippen LogP contribution in [-0.2, 0) is 4.74 Å². The van der Waals surface area contributed by atoms with Crippen LogP contribution in [-0.4, -0.2) is 46.5 Å². The molecular formula is C12H19N5O2. The van der Waals surface area contributed by atoms with Crippen molar-refractivity contribution in [3.63, 3.8) is 0 Å². The quantitative estimate of drug-likeness (QED) is 0.705. The van der Waals surface area contributed by atoms with Crippen molar-refractivity contribution in [3.8, 4) is 5.88 Å². The van der Waals surface area contributed by atoms with Crippen LogP contribution < -0.4 is 10.1 Å². The zero-order chi connectivity index (χ0) is 13.5. The molecule has 0 aliphatic carbocycles. The molecule has 104 valence electrons. The Morgan fingerprint density at radius 3 is 2.95 bits per heavy atom. The molecule has 0 fully saturated rings. The topological polar surface area (TPSA) is 85.0 Å². The van der Waals surface area contributed by atoms with Gasteiger partial charge < -0.3 is 14.8 Å². The molecule has 7 nitrogen and oxygen atoms in total. The van der Waals surface area contributed by atoms with Crippen LogP contribution >= 0.6 is 0 Å². The molecule has 0 saturated carbocycles. The third-order valence-electron chi connectivity index (χ3n) is 2.48. The average Bonchev–Trinajstić information content (AvgIpc) is 2.89. The maximum absolute atomic E-state index is 5.62. The van der Waals surface area contributed by atoms with Gasteiger partial charge in [0.05, 0.1) is 12.8 Å². The van der Waals surface area contributed by atoms with E-state index in [0.29, 0.717) is 37.3 Å². The lowest BCUT2D eigenvalue weighted by atomic mass is 10.4. The molecule has 0 saturated heterocycles. The smallest absolute Gasteiger partial charge is 0.229 e. The van der Waals surface area contributed by atoms with Crippen LogP contribution in [0.1, 0.15) is 20.3 Å². The summed E-state index contributed by atoms with van der Waals surface area (Å²) in [6.07, 6.45) is 2.67. The molecule has 2 N–H and O–H groups in total. The SMILES string of the molecule is CCCNc1nc(OCCOCC)c2cn[nH]c2n1. The van der Waals surface area contributed by atoms with Gasteiger partial charge in [0, 0.05) is 13.2 Å². The summed E-state index contributed by atoms with van der Waals surface area (Å²) in [4.78, 5) is 8.67. The Balaban J connectivity index is 2.12. The van der Waals surface area contributed by atoms with Gasteiger partial charge in [-0.2, -0.15) is 15.1 Å². The summed E-state index contributed by atoms with van der Waals surface area (Å²) >= 11 is 0. The average molecular weight is 265 g/mol. The molecule has 2 aromatic rings. The fraction of sp³-hybridized carbons (Fsp3) is 0.583. The van der Waals surface area contributed by atoms with Crippen LogP contribution in [0.3, 0.4) is 0 Å². The van der Waals surface area contributed by atoms with Gasteiger partial charge in [0.25, 0.3) is 0 Å². The summed E-state index contributed by atoms with van der Waals surface area (Å²) < 4.78 is 10.9. The maximum atomic E-state index is 5.62. The first kappa shape index (κ1) is 13.5. The number of fused-ring (bicyclic) bond motifs is 1. The fourth-order valence-corrected chi connectivity index (χ4v) is 1.58. The molecule has 0 aromatic carbocycles. The van der Waals surface area contributed by atoms with Crippen molar-refractivity contribution in [1.82, 2.24) is 20.2 Å². The lowest BCUT2D eigenvalue weighted by molar-refractivity contribution is 0.109. The second-order valence-electron chi connectivity index (χ2n) is 3.96. The number of H-pyrrole nitrogens is 1. The first-order chi connectivity index (χ1) is 9.35. The summed E-state index contributed by atoms with van der Waals surface area (Å²) in [7, 11) is 0. The van der Waals surface area contributed by atoms with E-state index in [1.165, 1.54) is 0 Å². The summed E-state index contributed by atoms with van der Waals surface area (Å²) in [5.74, 6) is 1.07. The molecule has 7 heteroatoms. The van der Waals surface area contributed by atoms with Gasteiger partial charge in [-0.15, -0.1) is 0 Å². The van der Waals surface area contributed by atoms with Gasteiger partial charge >= 0.3 is 0 Å². The van der Waals surface area contributed by atoms with E-state index in [9.17, 15) is 0 Å². The number of ether oxygens (including phenoxy) is 2. The second kappa shape index (κ2) is 6.89. The standard InChI is InChI=1S/C12H19N5O2/c1-3-5-13-12-15-10-9(8-14-17-10)11(16-12)19-7-6-18-4-2/h8H,3-7H2,1-2H3,(H2,13,14,15,16,17). The highest BCUT2D eigenvalue weighted by Gasteiger charge is 2.10. The van der Waals surface area contributed by atoms with Gasteiger partial charge in [-0.3, -0.25) is 5.10 Å². The minimum atomic E-state index is 0.457. The Kier molecular flexibility index (Phi) is 4.91. The Bertz CT molecular complexity index is 514. The van der Waals surface area contributed by atoms with E-state index in [4.69, 9.17) is 9.47 Å². The lowest BCUT2D eigenvalue weighted by Crippen LogP contribution is -2.10. The number of hydrogen-bond acceptors (Lipinski definition) is 6. The maximum Gasteiger partial charge on any atom is 0.229 e. The summed E-state index contributed by atoms with van der Waals surface area (Å²) in [6.45, 7) is 6.53. The third-order valence-corrected chi connectivity index (χ3v) is 2.48. The minimum absolute atomic E-state index is 0.457. The summed E-state index contributed by atoms with van der Waals surface area (Å²) in [5.41, 5.74) is 0.667. The van der Waals surface area contributed by atoms with E-state index in [1.54, 1.807) is 6.20 Å². The molecule has 0 spiro atoms. The number of rotatable bonds is 8. The largest absolute Gasteiger partial charge is 0.475 e. The van der Waals surface area contributed by atoms with Crippen molar-refractivity contribution in [2.24, 2.45) is 0 Å². The van der Waals surface area contributed by atoms with Crippen LogP contribution in [0.2, 0.25) is 0 Å². The van der Waals surface area contributed by atoms with E-state index in [1.807, 2.05) is 6.92 Å². The Hall–Kier alpha value is -1.89. The van der Waals surface area contributed by atoms with Crippen LogP contribution in [0.5, 0.6) is 5.88 Å². The Morgan fingerprint density at radius 2 is 2.16 bits per heavy atom. The predicted molar refractivity (Wildman–Crippen MR) is 72.5 cm³/mol. The normalized spacial score (nSPS) is 10.8. The third kappa shape index (κ3) is 3.54. The molecular weight excluding hydrogens is 246 g/mol. The van der Waals surface area contributed by atoms with Crippen molar-refractivity contribution in [1.29, 1.82) is 0 Å². The van der Waals surface area contributed by atoms with Crippen molar-refractivity contribution >= 4 is 17.0 Å². The first-order valence-electron chi connectivity index (χ1n) is 6.50. The Morgan fingerprint density at radius 1 is 1.26 bits per heavy atom. The molecule has 2 rings (SSSR count). The van der Waals surface area contributed by atoms with Crippen LogP contribution in [0, 0.1) is 0 Å². The first-order valence-corrected chi connectivity index (χ1v) is 6.50. The number of anilines is 1. The highest BCUT2D eigenvalue weighted by Crippen LogP contribution is 2.21. The number of aromatic nitrogens is 4. The van der Waals surface area contributed by atoms with Crippen molar-refractivity contribution in [2.45, 2.75) is 20.3 Å². The van der Waals surface area contributed by atoms with Gasteiger partial charge in [-0.25, -0.2) is 0 Å². The lowest BCUT2D eigenvalue weighted by Gasteiger charge is -2.08. The highest BCUT2D eigenvalue weighted by atomic mass is 16.5. The Labute approximate surface area is 111 Å². The van der Waals surface area contributed by atoms with Gasteiger partial charge in [0.15, 0.2) is 5.65 Å². The van der Waals surface area contributed by atoms with Crippen LogP contribution in [0.4, 0.5) is 5.95 Å². The molecule has 0 bridgehead atoms. The number of nitrogens with one attached hydrogen (secondary N) is 2. The van der Waals surface area contributed by atoms with E-state index >= 15 is 0 Å². The molecule has 2 aromatic heterocycles. The van der Waals surface area contributed by atoms with E-state index in [2.05, 4.69) is 32.4 Å². The molecule has 0 radical (unpaired) electrons. The molecule has 2 heterocycles. The van der Waals surface area contributed by atoms with Gasteiger partial charge in [0.2, 0.25) is 11.8 Å². The number of aromatic amines is 1. The monoisotopic (exact) mass is 265 g/mol. The van der Waals surface area contributed by atoms with Crippen molar-refractivity contribution in [3.05, 3.63) is 6.20 Å². The molecule has 19 heavy (non-hydrogen) atoms. The highest BCUT2D eigenvalue weighted by molar-refractivity contribution is 5.80. The fourth-order valence-electron chi connectivity index (χ4n) is 1.58. The molecule has 0 aliphatic heterocycles. The predicted octanol–water partition coefficient (Wildman–Crippen LogP) is 1.59. The molecule has 0 aliphatic rings. The minimum Gasteiger partial charge on any atom is -0.475 e. The van der Waals surface area contributed by atoms with Crippen molar-refractivity contribution < 1.29 is 9.47 Å². The van der Waals surface area contributed by atoms with Crippen molar-refractivity contribution in [2.75, 3.05) is 31.7 Å². The van der Waals surface area contributed by atoms with Crippen LogP contribution in [0.25, 0.3) is 11.0 Å². The van der Waals surface area contributed by atoms with E-state index < -0.39 is 0 Å². The second-order valence-corrected chi connectivity index (χ2v) is 3.96. The van der Waals surface area contributed by atoms with Crippen LogP contribution in [0.15, 0.2) is 6.20 Å².